The summed E-state index contributed by atoms with van der Waals surface area (Å²) in [4.78, 5) is 10.7. The molecule has 0 aliphatic rings. The zero-order valence-electron chi connectivity index (χ0n) is 7.41. The van der Waals surface area contributed by atoms with Crippen LogP contribution in [0.3, 0.4) is 0 Å². The van der Waals surface area contributed by atoms with Gasteiger partial charge in [-0.2, -0.15) is 0 Å². The van der Waals surface area contributed by atoms with Gasteiger partial charge in [0.1, 0.15) is 0 Å². The van der Waals surface area contributed by atoms with Crippen LogP contribution in [0.4, 0.5) is 0 Å². The minimum atomic E-state index is -0.912. The van der Waals surface area contributed by atoms with Gasteiger partial charge in [-0.25, -0.2) is 4.79 Å². The summed E-state index contributed by atoms with van der Waals surface area (Å²) < 4.78 is 14.6. The molecule has 12 heavy (non-hydrogen) atoms. The van der Waals surface area contributed by atoms with Crippen molar-refractivity contribution in [3.63, 3.8) is 0 Å². The minimum absolute atomic E-state index is 0.426. The van der Waals surface area contributed by atoms with Gasteiger partial charge in [0.2, 0.25) is 0 Å². The van der Waals surface area contributed by atoms with E-state index in [2.05, 4.69) is 11.3 Å². The maximum Gasteiger partial charge on any atom is 0.334 e. The van der Waals surface area contributed by atoms with Gasteiger partial charge in [0, 0.05) is 6.08 Å². The third-order valence-electron chi connectivity index (χ3n) is 0.985. The van der Waals surface area contributed by atoms with Crippen LogP contribution in [0, 0.1) is 0 Å². The average Bonchev–Trinajstić information content (AvgIpc) is 2.05. The summed E-state index contributed by atoms with van der Waals surface area (Å²) in [5, 5.41) is 0. The molecule has 0 fully saturated rings. The smallest absolute Gasteiger partial charge is 0.334 e. The minimum Gasteiger partial charge on any atom is -0.407 e. The lowest BCUT2D eigenvalue weighted by atomic mass is 10.7. The van der Waals surface area contributed by atoms with Crippen molar-refractivity contribution in [3.8, 4) is 0 Å². The summed E-state index contributed by atoms with van der Waals surface area (Å²) in [5.74, 6) is -0.554. The Balaban J connectivity index is 3.76. The van der Waals surface area contributed by atoms with Crippen molar-refractivity contribution in [2.24, 2.45) is 0 Å². The van der Waals surface area contributed by atoms with Crippen LogP contribution in [-0.2, 0) is 19.0 Å². The topological polar surface area (TPSA) is 44.8 Å². The Hall–Kier alpha value is -0.870. The molecule has 0 aromatic heterocycles. The molecule has 0 aliphatic heterocycles. The molecule has 0 spiro atoms. The molecular weight excluding hydrogens is 160 g/mol. The molecule has 0 aromatic rings. The van der Waals surface area contributed by atoms with Crippen molar-refractivity contribution in [3.05, 3.63) is 12.7 Å². The summed E-state index contributed by atoms with van der Waals surface area (Å²) >= 11 is 0. The van der Waals surface area contributed by atoms with Crippen molar-refractivity contribution in [1.82, 2.24) is 0 Å². The summed E-state index contributed by atoms with van der Waals surface area (Å²) in [5.41, 5.74) is 0. The van der Waals surface area contributed by atoms with Gasteiger partial charge in [0.05, 0.1) is 13.2 Å². The van der Waals surface area contributed by atoms with E-state index in [4.69, 9.17) is 9.47 Å². The summed E-state index contributed by atoms with van der Waals surface area (Å²) in [6.07, 6.45) is 1.06. The van der Waals surface area contributed by atoms with Crippen molar-refractivity contribution >= 4 is 5.97 Å². The monoisotopic (exact) mass is 174 g/mol. The van der Waals surface area contributed by atoms with Crippen molar-refractivity contribution < 1.29 is 19.0 Å². The molecule has 0 saturated heterocycles. The SMILES string of the molecule is C=CC(=O)OC(OCC)OCC. The first kappa shape index (κ1) is 11.1. The maximum absolute atomic E-state index is 10.7. The Morgan fingerprint density at radius 2 is 1.92 bits per heavy atom. The van der Waals surface area contributed by atoms with Crippen LogP contribution >= 0.6 is 0 Å². The Labute approximate surface area is 72.1 Å². The molecule has 4 heteroatoms. The highest BCUT2D eigenvalue weighted by Crippen LogP contribution is 1.98. The summed E-state index contributed by atoms with van der Waals surface area (Å²) in [7, 11) is 0. The number of carbonyl (C=O) groups excluding carboxylic acids is 1. The van der Waals surface area contributed by atoms with E-state index in [0.29, 0.717) is 13.2 Å². The van der Waals surface area contributed by atoms with Gasteiger partial charge in [0.25, 0.3) is 0 Å². The van der Waals surface area contributed by atoms with Crippen LogP contribution in [-0.4, -0.2) is 25.7 Å². The van der Waals surface area contributed by atoms with Crippen LogP contribution < -0.4 is 0 Å². The molecule has 0 aromatic carbocycles. The molecule has 0 N–H and O–H groups in total. The van der Waals surface area contributed by atoms with E-state index < -0.39 is 12.4 Å². The molecular formula is C8H14O4. The van der Waals surface area contributed by atoms with Crippen LogP contribution in [0.2, 0.25) is 0 Å². The maximum atomic E-state index is 10.7. The fraction of sp³-hybridized carbons (Fsp3) is 0.625. The average molecular weight is 174 g/mol. The molecule has 0 radical (unpaired) electrons. The van der Waals surface area contributed by atoms with E-state index in [-0.39, 0.29) is 0 Å². The molecule has 0 amide bonds. The molecule has 0 bridgehead atoms. The van der Waals surface area contributed by atoms with Crippen LogP contribution in [0.15, 0.2) is 12.7 Å². The van der Waals surface area contributed by atoms with Crippen LogP contribution in [0.1, 0.15) is 13.8 Å². The summed E-state index contributed by atoms with van der Waals surface area (Å²) in [6, 6.07) is 0. The number of rotatable bonds is 6. The Morgan fingerprint density at radius 1 is 1.42 bits per heavy atom. The first-order valence-corrected chi connectivity index (χ1v) is 3.80. The fourth-order valence-electron chi connectivity index (χ4n) is 0.531. The number of hydrogen-bond donors (Lipinski definition) is 0. The highest BCUT2D eigenvalue weighted by atomic mass is 16.9. The second-order valence-electron chi connectivity index (χ2n) is 1.84. The Bertz CT molecular complexity index is 138. The lowest BCUT2D eigenvalue weighted by Gasteiger charge is -2.15. The van der Waals surface area contributed by atoms with E-state index in [1.165, 1.54) is 0 Å². The second kappa shape index (κ2) is 6.82. The van der Waals surface area contributed by atoms with Gasteiger partial charge < -0.3 is 14.2 Å². The van der Waals surface area contributed by atoms with Crippen molar-refractivity contribution in [2.45, 2.75) is 20.3 Å². The second-order valence-corrected chi connectivity index (χ2v) is 1.84. The van der Waals surface area contributed by atoms with Crippen LogP contribution in [0.5, 0.6) is 0 Å². The summed E-state index contributed by atoms with van der Waals surface area (Å²) in [6.45, 7) is 6.76. The largest absolute Gasteiger partial charge is 0.407 e. The van der Waals surface area contributed by atoms with Gasteiger partial charge in [-0.05, 0) is 13.8 Å². The highest BCUT2D eigenvalue weighted by molar-refractivity contribution is 5.81. The molecule has 0 aliphatic carbocycles. The van der Waals surface area contributed by atoms with Crippen LogP contribution in [0.25, 0.3) is 0 Å². The van der Waals surface area contributed by atoms with Gasteiger partial charge in [-0.1, -0.05) is 6.58 Å². The normalized spacial score (nSPS) is 9.92. The predicted octanol–water partition coefficient (Wildman–Crippen LogP) is 1.07. The number of ether oxygens (including phenoxy) is 3. The number of carbonyl (C=O) groups is 1. The molecule has 0 rings (SSSR count). The lowest BCUT2D eigenvalue weighted by molar-refractivity contribution is -0.269. The van der Waals surface area contributed by atoms with E-state index in [0.717, 1.165) is 6.08 Å². The van der Waals surface area contributed by atoms with E-state index in [1.54, 1.807) is 13.8 Å². The quantitative estimate of drug-likeness (QED) is 0.343. The van der Waals surface area contributed by atoms with E-state index in [1.807, 2.05) is 0 Å². The highest BCUT2D eigenvalue weighted by Gasteiger charge is 2.10. The molecule has 0 unspecified atom stereocenters. The molecule has 4 nitrogen and oxygen atoms in total. The van der Waals surface area contributed by atoms with Gasteiger partial charge in [-0.3, -0.25) is 0 Å². The fourth-order valence-corrected chi connectivity index (χ4v) is 0.531. The lowest BCUT2D eigenvalue weighted by Crippen LogP contribution is -2.23. The molecule has 0 heterocycles. The first-order valence-electron chi connectivity index (χ1n) is 3.80. The van der Waals surface area contributed by atoms with Crippen molar-refractivity contribution in [1.29, 1.82) is 0 Å². The number of esters is 1. The zero-order chi connectivity index (χ0) is 9.40. The molecule has 0 atom stereocenters. The molecule has 70 valence electrons. The van der Waals surface area contributed by atoms with Crippen molar-refractivity contribution in [2.75, 3.05) is 13.2 Å². The molecule has 0 saturated carbocycles. The third-order valence-corrected chi connectivity index (χ3v) is 0.985. The first-order chi connectivity index (χ1) is 5.74. The van der Waals surface area contributed by atoms with E-state index in [9.17, 15) is 4.79 Å². The van der Waals surface area contributed by atoms with E-state index >= 15 is 0 Å². The Morgan fingerprint density at radius 3 is 2.25 bits per heavy atom. The third kappa shape index (κ3) is 4.87. The predicted molar refractivity (Wildman–Crippen MR) is 43.3 cm³/mol. The standard InChI is InChI=1S/C8H14O4/c1-4-7(9)12-8(10-5-2)11-6-3/h4,8H,1,5-6H2,2-3H3. The Kier molecular flexibility index (Phi) is 6.32. The van der Waals surface area contributed by atoms with Gasteiger partial charge in [-0.15, -0.1) is 0 Å². The van der Waals surface area contributed by atoms with Gasteiger partial charge in [0.15, 0.2) is 0 Å². The zero-order valence-corrected chi connectivity index (χ0v) is 7.41. The van der Waals surface area contributed by atoms with Gasteiger partial charge >= 0.3 is 12.4 Å². The number of hydrogen-bond acceptors (Lipinski definition) is 4.